The molecule has 2 fully saturated rings. The quantitative estimate of drug-likeness (QED) is 0.688. The molecule has 0 unspecified atom stereocenters. The van der Waals surface area contributed by atoms with Crippen LogP contribution in [0.3, 0.4) is 0 Å². The minimum absolute atomic E-state index is 0.336. The van der Waals surface area contributed by atoms with Gasteiger partial charge in [0.2, 0.25) is 0 Å². The molecule has 0 amide bonds. The predicted molar refractivity (Wildman–Crippen MR) is 115 cm³/mol. The second-order valence-electron chi connectivity index (χ2n) is 9.12. The Hall–Kier alpha value is -1.70. The fourth-order valence-electron chi connectivity index (χ4n) is 4.94. The number of hydrogen-bond acceptors (Lipinski definition) is 6. The highest BCUT2D eigenvalue weighted by atomic mass is 16.3. The van der Waals surface area contributed by atoms with Gasteiger partial charge in [-0.1, -0.05) is 19.8 Å². The summed E-state index contributed by atoms with van der Waals surface area (Å²) in [5.74, 6) is 2.56. The number of nitrogens with one attached hydrogen (secondary N) is 1. The fourth-order valence-corrected chi connectivity index (χ4v) is 4.94. The monoisotopic (exact) mass is 401 g/mol. The van der Waals surface area contributed by atoms with E-state index in [4.69, 9.17) is 0 Å². The minimum atomic E-state index is -1.13. The summed E-state index contributed by atoms with van der Waals surface area (Å²) in [4.78, 5) is 11.5. The van der Waals surface area contributed by atoms with Gasteiger partial charge in [-0.2, -0.15) is 0 Å². The van der Waals surface area contributed by atoms with Crippen molar-refractivity contribution in [3.63, 3.8) is 0 Å². The summed E-state index contributed by atoms with van der Waals surface area (Å²) in [5, 5.41) is 25.4. The summed E-state index contributed by atoms with van der Waals surface area (Å²) in [6.45, 7) is 7.95. The molecular formula is C22H35N5O2. The van der Waals surface area contributed by atoms with Gasteiger partial charge in [0.15, 0.2) is 0 Å². The Labute approximate surface area is 173 Å². The third kappa shape index (κ3) is 4.27. The van der Waals surface area contributed by atoms with Crippen LogP contribution in [0.25, 0.3) is 11.0 Å². The lowest BCUT2D eigenvalue weighted by Crippen LogP contribution is -2.56. The van der Waals surface area contributed by atoms with Gasteiger partial charge in [0.1, 0.15) is 23.4 Å². The van der Waals surface area contributed by atoms with Crippen LogP contribution in [0.15, 0.2) is 18.6 Å². The average Bonchev–Trinajstić information content (AvgIpc) is 3.13. The van der Waals surface area contributed by atoms with Crippen molar-refractivity contribution >= 4 is 16.9 Å². The number of aliphatic hydroxyl groups excluding tert-OH is 1. The Balaban J connectivity index is 1.56. The van der Waals surface area contributed by atoms with Gasteiger partial charge in [0, 0.05) is 25.8 Å². The third-order valence-corrected chi connectivity index (χ3v) is 6.97. The van der Waals surface area contributed by atoms with E-state index in [-0.39, 0.29) is 0 Å². The number of rotatable bonds is 6. The van der Waals surface area contributed by atoms with Crippen molar-refractivity contribution in [2.24, 2.45) is 11.8 Å². The summed E-state index contributed by atoms with van der Waals surface area (Å²) in [6, 6.07) is 2.05. The maximum absolute atomic E-state index is 11.0. The van der Waals surface area contributed by atoms with Gasteiger partial charge in [-0.3, -0.25) is 0 Å². The number of piperidine rings is 1. The lowest BCUT2D eigenvalue weighted by atomic mass is 9.83. The summed E-state index contributed by atoms with van der Waals surface area (Å²) in [5.41, 5.74) is -0.309. The molecule has 1 aliphatic carbocycles. The molecule has 3 N–H and O–H groups in total. The van der Waals surface area contributed by atoms with Crippen LogP contribution in [0.2, 0.25) is 0 Å². The van der Waals surface area contributed by atoms with Crippen molar-refractivity contribution in [2.45, 2.75) is 64.2 Å². The van der Waals surface area contributed by atoms with Crippen LogP contribution in [-0.2, 0) is 6.54 Å². The van der Waals surface area contributed by atoms with Gasteiger partial charge in [-0.05, 0) is 50.6 Å². The van der Waals surface area contributed by atoms with Crippen LogP contribution in [0.1, 0.15) is 46.0 Å². The molecule has 1 aliphatic heterocycles. The minimum Gasteiger partial charge on any atom is -0.389 e. The Morgan fingerprint density at radius 2 is 2.07 bits per heavy atom. The van der Waals surface area contributed by atoms with E-state index in [0.29, 0.717) is 26.1 Å². The molecule has 1 saturated carbocycles. The van der Waals surface area contributed by atoms with Crippen LogP contribution in [0.5, 0.6) is 0 Å². The van der Waals surface area contributed by atoms with Gasteiger partial charge in [-0.15, -0.1) is 0 Å². The number of hydrogen-bond donors (Lipinski definition) is 3. The molecule has 2 aromatic rings. The van der Waals surface area contributed by atoms with Crippen LogP contribution in [0.4, 0.5) is 5.82 Å². The normalized spacial score (nSPS) is 30.6. The molecular weight excluding hydrogens is 366 g/mol. The molecule has 160 valence electrons. The molecule has 7 nitrogen and oxygen atoms in total. The first-order valence-electron chi connectivity index (χ1n) is 11.2. The zero-order chi connectivity index (χ0) is 20.4. The Bertz CT molecular complexity index is 817. The number of fused-ring (bicyclic) bond motifs is 1. The summed E-state index contributed by atoms with van der Waals surface area (Å²) in [6.07, 6.45) is 8.58. The van der Waals surface area contributed by atoms with Gasteiger partial charge in [0.05, 0.1) is 18.0 Å². The van der Waals surface area contributed by atoms with Gasteiger partial charge < -0.3 is 25.0 Å². The van der Waals surface area contributed by atoms with Gasteiger partial charge in [-0.25, -0.2) is 9.97 Å². The lowest BCUT2D eigenvalue weighted by molar-refractivity contribution is -0.101. The zero-order valence-electron chi connectivity index (χ0n) is 17.7. The largest absolute Gasteiger partial charge is 0.389 e. The summed E-state index contributed by atoms with van der Waals surface area (Å²) >= 11 is 0. The van der Waals surface area contributed by atoms with E-state index in [1.54, 1.807) is 6.33 Å². The fraction of sp³-hybridized carbons (Fsp3) is 0.727. The van der Waals surface area contributed by atoms with Crippen LogP contribution in [0, 0.1) is 11.8 Å². The molecule has 4 rings (SSSR count). The van der Waals surface area contributed by atoms with Crippen molar-refractivity contribution in [1.82, 2.24) is 19.9 Å². The van der Waals surface area contributed by atoms with Crippen LogP contribution >= 0.6 is 0 Å². The first-order valence-corrected chi connectivity index (χ1v) is 11.2. The van der Waals surface area contributed by atoms with Crippen molar-refractivity contribution in [2.75, 3.05) is 31.1 Å². The zero-order valence-corrected chi connectivity index (χ0v) is 17.7. The SMILES string of the molecule is CCN(CC1CCC(C)CC1)c1ncnc2c1ccn2C[C@]1(O)CCNC[C@H]1O. The third-order valence-electron chi connectivity index (χ3n) is 6.97. The van der Waals surface area contributed by atoms with Gasteiger partial charge >= 0.3 is 0 Å². The highest BCUT2D eigenvalue weighted by molar-refractivity contribution is 5.87. The van der Waals surface area contributed by atoms with Crippen molar-refractivity contribution < 1.29 is 10.2 Å². The molecule has 0 bridgehead atoms. The standard InChI is InChI=1S/C22H35N5O2/c1-3-26(13-17-6-4-16(2)5-7-17)20-18-8-11-27(21(18)25-15-24-20)14-22(29)9-10-23-12-19(22)28/h8,11,15-17,19,23,28-29H,3-7,9-10,12-14H2,1-2H3/t16?,17?,19-,22-/m1/s1. The van der Waals surface area contributed by atoms with Gasteiger partial charge in [0.25, 0.3) is 0 Å². The summed E-state index contributed by atoms with van der Waals surface area (Å²) < 4.78 is 1.96. The molecule has 2 atom stereocenters. The second kappa shape index (κ2) is 8.58. The molecule has 2 aliphatic rings. The van der Waals surface area contributed by atoms with Crippen molar-refractivity contribution in [1.29, 1.82) is 0 Å². The van der Waals surface area contributed by atoms with E-state index in [1.807, 2.05) is 16.8 Å². The van der Waals surface area contributed by atoms with E-state index in [1.165, 1.54) is 25.7 Å². The molecule has 0 spiro atoms. The van der Waals surface area contributed by atoms with Crippen LogP contribution < -0.4 is 10.2 Å². The molecule has 0 aromatic carbocycles. The molecule has 29 heavy (non-hydrogen) atoms. The smallest absolute Gasteiger partial charge is 0.145 e. The topological polar surface area (TPSA) is 86.4 Å². The molecule has 3 heterocycles. The maximum Gasteiger partial charge on any atom is 0.145 e. The Morgan fingerprint density at radius 3 is 2.79 bits per heavy atom. The molecule has 1 saturated heterocycles. The number of aromatic nitrogens is 3. The molecule has 2 aromatic heterocycles. The van der Waals surface area contributed by atoms with Crippen molar-refractivity contribution in [3.05, 3.63) is 18.6 Å². The first kappa shape index (κ1) is 20.6. The van der Waals surface area contributed by atoms with E-state index in [0.717, 1.165) is 41.8 Å². The first-order chi connectivity index (χ1) is 14.0. The van der Waals surface area contributed by atoms with E-state index < -0.39 is 11.7 Å². The number of anilines is 1. The number of aliphatic hydroxyl groups is 2. The van der Waals surface area contributed by atoms with Crippen molar-refractivity contribution in [3.8, 4) is 0 Å². The lowest BCUT2D eigenvalue weighted by Gasteiger charge is -2.37. The molecule has 7 heteroatoms. The Kier molecular flexibility index (Phi) is 6.08. The predicted octanol–water partition coefficient (Wildman–Crippen LogP) is 2.17. The average molecular weight is 402 g/mol. The highest BCUT2D eigenvalue weighted by Gasteiger charge is 2.38. The Morgan fingerprint density at radius 1 is 1.28 bits per heavy atom. The van der Waals surface area contributed by atoms with E-state index in [2.05, 4.69) is 34.0 Å². The summed E-state index contributed by atoms with van der Waals surface area (Å²) in [7, 11) is 0. The van der Waals surface area contributed by atoms with E-state index in [9.17, 15) is 10.2 Å². The highest BCUT2D eigenvalue weighted by Crippen LogP contribution is 2.32. The second-order valence-corrected chi connectivity index (χ2v) is 9.12. The van der Waals surface area contributed by atoms with Crippen LogP contribution in [-0.4, -0.2) is 62.6 Å². The van der Waals surface area contributed by atoms with E-state index >= 15 is 0 Å². The molecule has 0 radical (unpaired) electrons. The number of β-amino-alcohol motifs (C(OH)–C–C–N with tert-alkyl or cyclic N) is 1. The number of nitrogens with zero attached hydrogens (tertiary/aromatic N) is 4. The maximum atomic E-state index is 11.0.